The minimum Gasteiger partial charge on any atom is -0.325 e. The van der Waals surface area contributed by atoms with E-state index >= 15 is 0 Å². The number of benzene rings is 1. The topological polar surface area (TPSA) is 66.5 Å². The Kier molecular flexibility index (Phi) is 6.34. The minimum absolute atomic E-state index is 0.112. The Morgan fingerprint density at radius 2 is 2.12 bits per heavy atom. The lowest BCUT2D eigenvalue weighted by molar-refractivity contribution is -0.116. The van der Waals surface area contributed by atoms with E-state index < -0.39 is 15.8 Å². The summed E-state index contributed by atoms with van der Waals surface area (Å²) in [5.74, 6) is -0.802. The molecule has 0 unspecified atom stereocenters. The van der Waals surface area contributed by atoms with Gasteiger partial charge in [-0.2, -0.15) is 0 Å². The fraction of sp³-hybridized carbons (Fsp3) is 0.267. The highest BCUT2D eigenvalue weighted by molar-refractivity contribution is 7.91. The SMILES string of the molecule is CN(CCCC(=O)Nc1ccc(F)cc1Cl)S(=O)(=O)c1cccs1. The lowest BCUT2D eigenvalue weighted by Crippen LogP contribution is -2.28. The highest BCUT2D eigenvalue weighted by Crippen LogP contribution is 2.23. The van der Waals surface area contributed by atoms with Gasteiger partial charge in [0.2, 0.25) is 5.91 Å². The summed E-state index contributed by atoms with van der Waals surface area (Å²) in [5.41, 5.74) is 0.322. The predicted molar refractivity (Wildman–Crippen MR) is 93.4 cm³/mol. The largest absolute Gasteiger partial charge is 0.325 e. The van der Waals surface area contributed by atoms with Crippen LogP contribution < -0.4 is 5.32 Å². The summed E-state index contributed by atoms with van der Waals surface area (Å²) < 4.78 is 38.9. The number of nitrogens with zero attached hydrogens (tertiary/aromatic N) is 1. The standard InChI is InChI=1S/C15H16ClFN2O3S2/c1-19(24(21,22)15-5-3-9-23-15)8-2-4-14(20)18-13-7-6-11(17)10-12(13)16/h3,5-7,9-10H,2,4,8H2,1H3,(H,18,20). The molecule has 0 radical (unpaired) electrons. The first-order valence-corrected chi connectivity index (χ1v) is 9.75. The number of amides is 1. The number of halogens is 2. The Balaban J connectivity index is 1.84. The van der Waals surface area contributed by atoms with Crippen molar-refractivity contribution in [3.63, 3.8) is 0 Å². The van der Waals surface area contributed by atoms with Gasteiger partial charge in [-0.3, -0.25) is 4.79 Å². The molecule has 0 saturated heterocycles. The van der Waals surface area contributed by atoms with Crippen LogP contribution in [0.25, 0.3) is 0 Å². The van der Waals surface area contributed by atoms with Crippen LogP contribution in [0.3, 0.4) is 0 Å². The molecule has 0 bridgehead atoms. The third-order valence-corrected chi connectivity index (χ3v) is 6.78. The van der Waals surface area contributed by atoms with Crippen molar-refractivity contribution in [2.24, 2.45) is 0 Å². The highest BCUT2D eigenvalue weighted by atomic mass is 35.5. The molecule has 0 saturated carbocycles. The van der Waals surface area contributed by atoms with Gasteiger partial charge in [0.05, 0.1) is 10.7 Å². The molecular formula is C15H16ClFN2O3S2. The van der Waals surface area contributed by atoms with Gasteiger partial charge in [0.25, 0.3) is 10.0 Å². The molecule has 1 aromatic carbocycles. The summed E-state index contributed by atoms with van der Waals surface area (Å²) in [5, 5.41) is 4.38. The van der Waals surface area contributed by atoms with E-state index in [1.165, 1.54) is 23.5 Å². The number of carbonyl (C=O) groups is 1. The van der Waals surface area contributed by atoms with Crippen LogP contribution in [0.4, 0.5) is 10.1 Å². The molecule has 0 fully saturated rings. The van der Waals surface area contributed by atoms with E-state index in [0.717, 1.165) is 17.4 Å². The molecule has 24 heavy (non-hydrogen) atoms. The van der Waals surface area contributed by atoms with Gasteiger partial charge in [0.1, 0.15) is 10.0 Å². The second-order valence-corrected chi connectivity index (χ2v) is 8.66. The third kappa shape index (κ3) is 4.76. The zero-order valence-corrected chi connectivity index (χ0v) is 15.2. The van der Waals surface area contributed by atoms with Gasteiger partial charge in [-0.15, -0.1) is 11.3 Å². The summed E-state index contributed by atoms with van der Waals surface area (Å²) in [6, 6.07) is 6.90. The summed E-state index contributed by atoms with van der Waals surface area (Å²) in [7, 11) is -2.03. The van der Waals surface area contributed by atoms with Crippen LogP contribution >= 0.6 is 22.9 Å². The first-order valence-electron chi connectivity index (χ1n) is 7.05. The summed E-state index contributed by atoms with van der Waals surface area (Å²) in [6.45, 7) is 0.213. The van der Waals surface area contributed by atoms with E-state index in [9.17, 15) is 17.6 Å². The van der Waals surface area contributed by atoms with Gasteiger partial charge < -0.3 is 5.32 Å². The summed E-state index contributed by atoms with van der Waals surface area (Å²) >= 11 is 6.98. The third-order valence-electron chi connectivity index (χ3n) is 3.24. The number of rotatable bonds is 7. The van der Waals surface area contributed by atoms with Crippen LogP contribution in [-0.2, 0) is 14.8 Å². The van der Waals surface area contributed by atoms with E-state index in [2.05, 4.69) is 5.32 Å². The molecule has 0 spiro atoms. The van der Waals surface area contributed by atoms with Crippen LogP contribution in [0.1, 0.15) is 12.8 Å². The molecule has 130 valence electrons. The average Bonchev–Trinajstić information content (AvgIpc) is 3.05. The second-order valence-electron chi connectivity index (χ2n) is 5.03. The van der Waals surface area contributed by atoms with Crippen LogP contribution in [-0.4, -0.2) is 32.2 Å². The Hall–Kier alpha value is -1.48. The minimum atomic E-state index is -3.51. The molecule has 1 amide bonds. The number of nitrogens with one attached hydrogen (secondary N) is 1. The molecule has 1 heterocycles. The molecule has 0 aliphatic carbocycles. The zero-order valence-electron chi connectivity index (χ0n) is 12.8. The van der Waals surface area contributed by atoms with Gasteiger partial charge in [-0.1, -0.05) is 17.7 Å². The first kappa shape index (κ1) is 18.9. The Morgan fingerprint density at radius 1 is 1.38 bits per heavy atom. The molecule has 5 nitrogen and oxygen atoms in total. The molecular weight excluding hydrogens is 375 g/mol. The van der Waals surface area contributed by atoms with Crippen molar-refractivity contribution in [3.8, 4) is 0 Å². The van der Waals surface area contributed by atoms with Crippen LogP contribution in [0.5, 0.6) is 0 Å². The maximum absolute atomic E-state index is 12.9. The molecule has 0 atom stereocenters. The number of thiophene rings is 1. The maximum Gasteiger partial charge on any atom is 0.252 e. The van der Waals surface area contributed by atoms with Gasteiger partial charge in [0.15, 0.2) is 0 Å². The molecule has 2 rings (SSSR count). The van der Waals surface area contributed by atoms with E-state index in [0.29, 0.717) is 12.1 Å². The zero-order chi connectivity index (χ0) is 17.7. The number of anilines is 1. The average molecular weight is 391 g/mol. The van der Waals surface area contributed by atoms with E-state index in [-0.39, 0.29) is 28.1 Å². The number of hydrogen-bond acceptors (Lipinski definition) is 4. The fourth-order valence-electron chi connectivity index (χ4n) is 1.95. The van der Waals surface area contributed by atoms with Crippen molar-refractivity contribution in [2.45, 2.75) is 17.1 Å². The molecule has 9 heteroatoms. The first-order chi connectivity index (χ1) is 11.3. The van der Waals surface area contributed by atoms with Crippen molar-refractivity contribution in [1.82, 2.24) is 4.31 Å². The Morgan fingerprint density at radius 3 is 2.75 bits per heavy atom. The van der Waals surface area contributed by atoms with Crippen molar-refractivity contribution in [2.75, 3.05) is 18.9 Å². The highest BCUT2D eigenvalue weighted by Gasteiger charge is 2.21. The van der Waals surface area contributed by atoms with Gasteiger partial charge in [-0.25, -0.2) is 17.1 Å². The van der Waals surface area contributed by atoms with Crippen molar-refractivity contribution in [3.05, 3.63) is 46.6 Å². The number of hydrogen-bond donors (Lipinski definition) is 1. The molecule has 1 aromatic heterocycles. The number of carbonyl (C=O) groups excluding carboxylic acids is 1. The fourth-order valence-corrected chi connectivity index (χ4v) is 4.57. The molecule has 0 aliphatic rings. The van der Waals surface area contributed by atoms with E-state index in [4.69, 9.17) is 11.6 Å². The normalized spacial score (nSPS) is 11.7. The van der Waals surface area contributed by atoms with Gasteiger partial charge in [-0.05, 0) is 36.1 Å². The van der Waals surface area contributed by atoms with E-state index in [1.807, 2.05) is 0 Å². The smallest absolute Gasteiger partial charge is 0.252 e. The van der Waals surface area contributed by atoms with Gasteiger partial charge >= 0.3 is 0 Å². The van der Waals surface area contributed by atoms with Crippen LogP contribution in [0, 0.1) is 5.82 Å². The molecule has 0 aliphatic heterocycles. The van der Waals surface area contributed by atoms with Crippen LogP contribution in [0.15, 0.2) is 39.9 Å². The molecule has 2 aromatic rings. The van der Waals surface area contributed by atoms with Crippen molar-refractivity contribution < 1.29 is 17.6 Å². The van der Waals surface area contributed by atoms with Crippen LogP contribution in [0.2, 0.25) is 5.02 Å². The number of sulfonamides is 1. The molecule has 1 N–H and O–H groups in total. The maximum atomic E-state index is 12.9. The predicted octanol–water partition coefficient (Wildman–Crippen LogP) is 3.58. The lowest BCUT2D eigenvalue weighted by Gasteiger charge is -2.15. The van der Waals surface area contributed by atoms with Gasteiger partial charge in [0, 0.05) is 20.0 Å². The Bertz CT molecular complexity index is 810. The second kappa shape index (κ2) is 8.06. The summed E-state index contributed by atoms with van der Waals surface area (Å²) in [6.07, 6.45) is 0.476. The van der Waals surface area contributed by atoms with Crippen molar-refractivity contribution in [1.29, 1.82) is 0 Å². The quantitative estimate of drug-likeness (QED) is 0.785. The Labute approximate surface area is 149 Å². The lowest BCUT2D eigenvalue weighted by atomic mass is 10.2. The van der Waals surface area contributed by atoms with Crippen molar-refractivity contribution >= 4 is 44.6 Å². The van der Waals surface area contributed by atoms with E-state index in [1.54, 1.807) is 17.5 Å². The monoisotopic (exact) mass is 390 g/mol. The summed E-state index contributed by atoms with van der Waals surface area (Å²) in [4.78, 5) is 11.9.